The van der Waals surface area contributed by atoms with Crippen LogP contribution in [0.1, 0.15) is 25.0 Å². The van der Waals surface area contributed by atoms with Gasteiger partial charge in [0.2, 0.25) is 0 Å². The second kappa shape index (κ2) is 6.99. The monoisotopic (exact) mass is 203 g/mol. The lowest BCUT2D eigenvalue weighted by molar-refractivity contribution is 0.468. The van der Waals surface area contributed by atoms with Crippen LogP contribution in [0.25, 0.3) is 0 Å². The average molecular weight is 203 g/mol. The number of nitrogens with two attached hydrogens (primary N) is 1. The summed E-state index contributed by atoms with van der Waals surface area (Å²) < 4.78 is 0. The maximum Gasteiger partial charge on any atom is 0.0404 e. The Morgan fingerprint density at radius 2 is 2.33 bits per heavy atom. The van der Waals surface area contributed by atoms with Crippen LogP contribution in [0, 0.1) is 12.3 Å². The van der Waals surface area contributed by atoms with Crippen LogP contribution in [0.3, 0.4) is 0 Å². The zero-order valence-electron chi connectivity index (χ0n) is 8.82. The summed E-state index contributed by atoms with van der Waals surface area (Å²) in [5.74, 6) is 8.06. The Hall–Kier alpha value is -1.37. The lowest BCUT2D eigenvalue weighted by Gasteiger charge is -2.13. The van der Waals surface area contributed by atoms with E-state index < -0.39 is 0 Å². The van der Waals surface area contributed by atoms with E-state index >= 15 is 0 Å². The Morgan fingerprint density at radius 1 is 1.47 bits per heavy atom. The minimum atomic E-state index is 0.281. The lowest BCUT2D eigenvalue weighted by Crippen LogP contribution is -2.35. The molecule has 3 heteroatoms. The minimum Gasteiger partial charge on any atom is -0.271 e. The van der Waals surface area contributed by atoms with E-state index in [1.807, 2.05) is 24.4 Å². The molecule has 0 saturated carbocycles. The SMILES string of the molecule is C#CCCC(CCc1ccccn1)NN. The molecule has 15 heavy (non-hydrogen) atoms. The number of nitrogens with one attached hydrogen (secondary N) is 1. The largest absolute Gasteiger partial charge is 0.271 e. The van der Waals surface area contributed by atoms with Crippen LogP contribution in [0.15, 0.2) is 24.4 Å². The van der Waals surface area contributed by atoms with Crippen molar-refractivity contribution in [3.63, 3.8) is 0 Å². The van der Waals surface area contributed by atoms with Crippen LogP contribution in [-0.2, 0) is 6.42 Å². The third kappa shape index (κ3) is 4.59. The summed E-state index contributed by atoms with van der Waals surface area (Å²) in [6, 6.07) is 6.22. The quantitative estimate of drug-likeness (QED) is 0.416. The zero-order chi connectivity index (χ0) is 10.9. The van der Waals surface area contributed by atoms with Gasteiger partial charge in [0.15, 0.2) is 0 Å². The van der Waals surface area contributed by atoms with Crippen molar-refractivity contribution in [2.75, 3.05) is 0 Å². The van der Waals surface area contributed by atoms with Crippen LogP contribution in [-0.4, -0.2) is 11.0 Å². The molecule has 1 aromatic rings. The van der Waals surface area contributed by atoms with Crippen molar-refractivity contribution >= 4 is 0 Å². The van der Waals surface area contributed by atoms with E-state index in [0.29, 0.717) is 0 Å². The van der Waals surface area contributed by atoms with Crippen LogP contribution < -0.4 is 11.3 Å². The Labute approximate surface area is 91.1 Å². The van der Waals surface area contributed by atoms with Crippen molar-refractivity contribution in [2.24, 2.45) is 5.84 Å². The average Bonchev–Trinajstić information content (AvgIpc) is 2.31. The molecule has 0 fully saturated rings. The molecule has 0 amide bonds. The van der Waals surface area contributed by atoms with Gasteiger partial charge in [0.1, 0.15) is 0 Å². The first-order chi connectivity index (χ1) is 7.36. The second-order valence-corrected chi connectivity index (χ2v) is 3.47. The van der Waals surface area contributed by atoms with E-state index in [1.54, 1.807) is 0 Å². The first-order valence-electron chi connectivity index (χ1n) is 5.16. The van der Waals surface area contributed by atoms with Gasteiger partial charge in [0.05, 0.1) is 0 Å². The van der Waals surface area contributed by atoms with Gasteiger partial charge in [-0.2, -0.15) is 0 Å². The van der Waals surface area contributed by atoms with Crippen LogP contribution in [0.5, 0.6) is 0 Å². The van der Waals surface area contributed by atoms with Crippen LogP contribution in [0.2, 0.25) is 0 Å². The number of aromatic nitrogens is 1. The van der Waals surface area contributed by atoms with Gasteiger partial charge in [0.25, 0.3) is 0 Å². The highest BCUT2D eigenvalue weighted by molar-refractivity contribution is 5.03. The van der Waals surface area contributed by atoms with Gasteiger partial charge in [-0.25, -0.2) is 0 Å². The highest BCUT2D eigenvalue weighted by Gasteiger charge is 2.05. The Kier molecular flexibility index (Phi) is 5.46. The number of aryl methyl sites for hydroxylation is 1. The number of terminal acetylenes is 1. The molecular weight excluding hydrogens is 186 g/mol. The molecule has 0 bridgehead atoms. The molecule has 1 heterocycles. The Morgan fingerprint density at radius 3 is 2.93 bits per heavy atom. The highest BCUT2D eigenvalue weighted by atomic mass is 15.2. The maximum absolute atomic E-state index is 5.44. The van der Waals surface area contributed by atoms with Crippen molar-refractivity contribution < 1.29 is 0 Å². The molecule has 1 rings (SSSR count). The molecule has 3 nitrogen and oxygen atoms in total. The molecule has 80 valence electrons. The second-order valence-electron chi connectivity index (χ2n) is 3.47. The molecule has 0 radical (unpaired) electrons. The van der Waals surface area contributed by atoms with E-state index in [0.717, 1.165) is 31.4 Å². The molecule has 0 aromatic carbocycles. The van der Waals surface area contributed by atoms with Gasteiger partial charge in [-0.05, 0) is 31.4 Å². The molecule has 0 spiro atoms. The Bertz CT molecular complexity index is 302. The zero-order valence-corrected chi connectivity index (χ0v) is 8.82. The fraction of sp³-hybridized carbons (Fsp3) is 0.417. The minimum absolute atomic E-state index is 0.281. The first-order valence-corrected chi connectivity index (χ1v) is 5.16. The molecule has 0 aliphatic heterocycles. The number of hydrazine groups is 1. The predicted octanol–water partition coefficient (Wildman–Crippen LogP) is 1.26. The highest BCUT2D eigenvalue weighted by Crippen LogP contribution is 2.05. The van der Waals surface area contributed by atoms with E-state index in [2.05, 4.69) is 16.3 Å². The maximum atomic E-state index is 5.44. The van der Waals surface area contributed by atoms with Gasteiger partial charge in [0, 0.05) is 24.4 Å². The van der Waals surface area contributed by atoms with E-state index in [9.17, 15) is 0 Å². The number of hydrogen-bond acceptors (Lipinski definition) is 3. The number of nitrogens with zero attached hydrogens (tertiary/aromatic N) is 1. The van der Waals surface area contributed by atoms with E-state index in [1.165, 1.54) is 0 Å². The van der Waals surface area contributed by atoms with Gasteiger partial charge in [-0.1, -0.05) is 6.07 Å². The molecular formula is C12H17N3. The van der Waals surface area contributed by atoms with Crippen molar-refractivity contribution in [3.05, 3.63) is 30.1 Å². The van der Waals surface area contributed by atoms with Crippen molar-refractivity contribution in [3.8, 4) is 12.3 Å². The number of hydrogen-bond donors (Lipinski definition) is 2. The Balaban J connectivity index is 2.31. The molecule has 1 unspecified atom stereocenters. The summed E-state index contributed by atoms with van der Waals surface area (Å²) in [5.41, 5.74) is 3.88. The van der Waals surface area contributed by atoms with Crippen molar-refractivity contribution in [1.29, 1.82) is 0 Å². The summed E-state index contributed by atoms with van der Waals surface area (Å²) in [6.45, 7) is 0. The molecule has 0 saturated heterocycles. The van der Waals surface area contributed by atoms with Crippen molar-refractivity contribution in [2.45, 2.75) is 31.7 Å². The third-order valence-corrected chi connectivity index (χ3v) is 2.35. The van der Waals surface area contributed by atoms with Gasteiger partial charge >= 0.3 is 0 Å². The lowest BCUT2D eigenvalue weighted by atomic mass is 10.1. The van der Waals surface area contributed by atoms with Crippen molar-refractivity contribution in [1.82, 2.24) is 10.4 Å². The summed E-state index contributed by atoms with van der Waals surface area (Å²) in [5, 5.41) is 0. The standard InChI is InChI=1S/C12H17N3/c1-2-3-6-12(15-13)9-8-11-7-4-5-10-14-11/h1,4-5,7,10,12,15H,3,6,8-9,13H2. The topological polar surface area (TPSA) is 50.9 Å². The smallest absolute Gasteiger partial charge is 0.0404 e. The first kappa shape index (κ1) is 11.7. The third-order valence-electron chi connectivity index (χ3n) is 2.35. The van der Waals surface area contributed by atoms with Crippen LogP contribution in [0.4, 0.5) is 0 Å². The molecule has 0 aliphatic carbocycles. The molecule has 1 atom stereocenters. The number of rotatable bonds is 6. The normalized spacial score (nSPS) is 12.0. The molecule has 1 aromatic heterocycles. The predicted molar refractivity (Wildman–Crippen MR) is 61.7 cm³/mol. The van der Waals surface area contributed by atoms with Gasteiger partial charge < -0.3 is 0 Å². The molecule has 0 aliphatic rings. The van der Waals surface area contributed by atoms with Gasteiger partial charge in [-0.15, -0.1) is 12.3 Å². The fourth-order valence-corrected chi connectivity index (χ4v) is 1.44. The van der Waals surface area contributed by atoms with E-state index in [4.69, 9.17) is 12.3 Å². The summed E-state index contributed by atoms with van der Waals surface area (Å²) in [6.07, 6.45) is 10.6. The molecule has 3 N–H and O–H groups in total. The fourth-order valence-electron chi connectivity index (χ4n) is 1.44. The van der Waals surface area contributed by atoms with Crippen LogP contribution >= 0.6 is 0 Å². The summed E-state index contributed by atoms with van der Waals surface area (Å²) in [4.78, 5) is 4.26. The summed E-state index contributed by atoms with van der Waals surface area (Å²) >= 11 is 0. The van der Waals surface area contributed by atoms with E-state index in [-0.39, 0.29) is 6.04 Å². The van der Waals surface area contributed by atoms with Gasteiger partial charge in [-0.3, -0.25) is 16.3 Å². The summed E-state index contributed by atoms with van der Waals surface area (Å²) in [7, 11) is 0. The number of pyridine rings is 1.